The predicted molar refractivity (Wildman–Crippen MR) is 99.4 cm³/mol. The van der Waals surface area contributed by atoms with Crippen LogP contribution in [0, 0.1) is 13.8 Å². The van der Waals surface area contributed by atoms with Gasteiger partial charge in [-0.1, -0.05) is 6.07 Å². The monoisotopic (exact) mass is 359 g/mol. The largest absolute Gasteiger partial charge is 0.422 e. The highest BCUT2D eigenvalue weighted by Gasteiger charge is 2.22. The molecule has 0 saturated heterocycles. The molecule has 1 aromatic carbocycles. The Balaban J connectivity index is 1.77. The van der Waals surface area contributed by atoms with Crippen LogP contribution in [0.3, 0.4) is 0 Å². The minimum Gasteiger partial charge on any atom is -0.422 e. The predicted octanol–water partition coefficient (Wildman–Crippen LogP) is 4.52. The van der Waals surface area contributed by atoms with Gasteiger partial charge in [0.2, 0.25) is 5.91 Å². The molecular weight excluding hydrogens is 342 g/mol. The molecule has 4 nitrogen and oxygen atoms in total. The topological polar surface area (TPSA) is 55.4 Å². The number of nitrogens with one attached hydrogen (secondary N) is 1. The van der Waals surface area contributed by atoms with Crippen LogP contribution in [0.1, 0.15) is 27.8 Å². The van der Waals surface area contributed by atoms with Gasteiger partial charge in [-0.05, 0) is 43.2 Å². The van der Waals surface area contributed by atoms with Crippen LogP contribution in [0.4, 0.5) is 5.69 Å². The van der Waals surface area contributed by atoms with Crippen LogP contribution in [-0.4, -0.2) is 11.9 Å². The maximum atomic E-state index is 12.4. The number of aryl methyl sites for hydroxylation is 1. The molecular formula is C18H17NO3S2. The lowest BCUT2D eigenvalue weighted by Gasteiger charge is -2.13. The highest BCUT2D eigenvalue weighted by molar-refractivity contribution is 8.03. The van der Waals surface area contributed by atoms with Gasteiger partial charge >= 0.3 is 5.97 Å². The fourth-order valence-electron chi connectivity index (χ4n) is 2.42. The number of rotatable bonds is 3. The number of amides is 1. The van der Waals surface area contributed by atoms with E-state index < -0.39 is 0 Å². The van der Waals surface area contributed by atoms with Crippen LogP contribution < -0.4 is 10.1 Å². The van der Waals surface area contributed by atoms with Gasteiger partial charge in [-0.15, -0.1) is 23.1 Å². The Morgan fingerprint density at radius 1 is 1.25 bits per heavy atom. The molecule has 0 atom stereocenters. The lowest BCUT2D eigenvalue weighted by atomic mass is 10.1. The number of carbonyl (C=O) groups is 2. The summed E-state index contributed by atoms with van der Waals surface area (Å²) in [7, 11) is 0. The Labute approximate surface area is 148 Å². The third-order valence-corrected chi connectivity index (χ3v) is 5.97. The molecule has 0 saturated carbocycles. The number of fused-ring (bicyclic) bond motifs is 1. The highest BCUT2D eigenvalue weighted by Crippen LogP contribution is 2.39. The van der Waals surface area contributed by atoms with Gasteiger partial charge in [-0.2, -0.15) is 0 Å². The second kappa shape index (κ2) is 6.83. The van der Waals surface area contributed by atoms with E-state index in [9.17, 15) is 9.59 Å². The van der Waals surface area contributed by atoms with E-state index in [0.29, 0.717) is 16.3 Å². The van der Waals surface area contributed by atoms with Gasteiger partial charge in [0.25, 0.3) is 0 Å². The molecule has 0 bridgehead atoms. The number of thioether (sulfide) groups is 1. The van der Waals surface area contributed by atoms with Gasteiger partial charge in [-0.25, -0.2) is 4.79 Å². The van der Waals surface area contributed by atoms with Crippen molar-refractivity contribution < 1.29 is 14.3 Å². The second-order valence-corrected chi connectivity index (χ2v) is 7.80. The fourth-order valence-corrected chi connectivity index (χ4v) is 4.75. The van der Waals surface area contributed by atoms with Crippen molar-refractivity contribution in [2.75, 3.05) is 5.32 Å². The zero-order valence-corrected chi connectivity index (χ0v) is 15.3. The van der Waals surface area contributed by atoms with Gasteiger partial charge in [0.1, 0.15) is 5.75 Å². The third-order valence-electron chi connectivity index (χ3n) is 3.74. The lowest BCUT2D eigenvalue weighted by molar-refractivity contribution is -0.129. The number of thiophene rings is 1. The van der Waals surface area contributed by atoms with Crippen molar-refractivity contribution in [2.24, 2.45) is 0 Å². The maximum absolute atomic E-state index is 12.4. The van der Waals surface area contributed by atoms with Crippen molar-refractivity contribution >= 4 is 46.7 Å². The zero-order chi connectivity index (χ0) is 17.3. The SMILES string of the molecule is CC(=O)Nc1cccc(OC(=O)C2=Cc3sc(C)c(C)c3CS2)c1. The standard InChI is InChI=1S/C18H17NO3S2/c1-10-11(2)24-16-8-17(23-9-15(10)16)18(21)22-14-6-4-5-13(7-14)19-12(3)20/h4-8H,9H2,1-3H3,(H,19,20). The van der Waals surface area contributed by atoms with Gasteiger partial charge in [0.15, 0.2) is 0 Å². The third kappa shape index (κ3) is 3.55. The molecule has 0 radical (unpaired) electrons. The van der Waals surface area contributed by atoms with Crippen LogP contribution in [-0.2, 0) is 15.3 Å². The van der Waals surface area contributed by atoms with E-state index >= 15 is 0 Å². The summed E-state index contributed by atoms with van der Waals surface area (Å²) in [5, 5.41) is 2.67. The molecule has 1 amide bonds. The van der Waals surface area contributed by atoms with E-state index in [-0.39, 0.29) is 11.9 Å². The number of esters is 1. The number of carbonyl (C=O) groups excluding carboxylic acids is 2. The first-order valence-electron chi connectivity index (χ1n) is 7.47. The summed E-state index contributed by atoms with van der Waals surface area (Å²) in [6, 6.07) is 6.82. The first kappa shape index (κ1) is 16.8. The van der Waals surface area contributed by atoms with Crippen LogP contribution in [0.5, 0.6) is 5.75 Å². The Kier molecular flexibility index (Phi) is 4.78. The Morgan fingerprint density at radius 3 is 2.79 bits per heavy atom. The Morgan fingerprint density at radius 2 is 2.04 bits per heavy atom. The molecule has 1 aliphatic rings. The Hall–Kier alpha value is -2.05. The molecule has 0 aliphatic carbocycles. The summed E-state index contributed by atoms with van der Waals surface area (Å²) in [5.74, 6) is 0.671. The van der Waals surface area contributed by atoms with Crippen LogP contribution in [0.25, 0.3) is 6.08 Å². The molecule has 0 unspecified atom stereocenters. The average Bonchev–Trinajstić information content (AvgIpc) is 2.81. The summed E-state index contributed by atoms with van der Waals surface area (Å²) in [6.07, 6.45) is 1.91. The van der Waals surface area contributed by atoms with Crippen LogP contribution in [0.15, 0.2) is 29.2 Å². The maximum Gasteiger partial charge on any atom is 0.350 e. The van der Waals surface area contributed by atoms with E-state index in [1.165, 1.54) is 34.7 Å². The number of hydrogen-bond acceptors (Lipinski definition) is 5. The molecule has 124 valence electrons. The van der Waals surface area contributed by atoms with Gasteiger partial charge in [-0.3, -0.25) is 4.79 Å². The first-order chi connectivity index (χ1) is 11.4. The molecule has 1 aliphatic heterocycles. The van der Waals surface area contributed by atoms with Crippen LogP contribution in [0.2, 0.25) is 0 Å². The molecule has 3 rings (SSSR count). The first-order valence-corrected chi connectivity index (χ1v) is 9.27. The Bertz CT molecular complexity index is 852. The quantitative estimate of drug-likeness (QED) is 0.647. The van der Waals surface area contributed by atoms with E-state index in [2.05, 4.69) is 19.2 Å². The molecule has 6 heteroatoms. The molecule has 24 heavy (non-hydrogen) atoms. The lowest BCUT2D eigenvalue weighted by Crippen LogP contribution is -2.11. The summed E-state index contributed by atoms with van der Waals surface area (Å²) in [5.41, 5.74) is 3.23. The fraction of sp³-hybridized carbons (Fsp3) is 0.222. The molecule has 2 heterocycles. The molecule has 2 aromatic rings. The minimum absolute atomic E-state index is 0.167. The second-order valence-electron chi connectivity index (χ2n) is 5.52. The summed E-state index contributed by atoms with van der Waals surface area (Å²) >= 11 is 3.21. The van der Waals surface area contributed by atoms with Crippen molar-refractivity contribution in [1.29, 1.82) is 0 Å². The highest BCUT2D eigenvalue weighted by atomic mass is 32.2. The number of anilines is 1. The van der Waals surface area contributed by atoms with Crippen molar-refractivity contribution in [3.8, 4) is 5.75 Å². The molecule has 1 aromatic heterocycles. The van der Waals surface area contributed by atoms with Crippen molar-refractivity contribution in [3.63, 3.8) is 0 Å². The van der Waals surface area contributed by atoms with Crippen molar-refractivity contribution in [2.45, 2.75) is 26.5 Å². The van der Waals surface area contributed by atoms with Crippen molar-refractivity contribution in [1.82, 2.24) is 0 Å². The van der Waals surface area contributed by atoms with E-state index in [1.807, 2.05) is 6.08 Å². The van der Waals surface area contributed by atoms with Gasteiger partial charge in [0, 0.05) is 34.2 Å². The van der Waals surface area contributed by atoms with Crippen molar-refractivity contribution in [3.05, 3.63) is 50.1 Å². The number of hydrogen-bond donors (Lipinski definition) is 1. The summed E-state index contributed by atoms with van der Waals surface area (Å²) in [6.45, 7) is 5.66. The van der Waals surface area contributed by atoms with E-state index in [4.69, 9.17) is 4.74 Å². The summed E-state index contributed by atoms with van der Waals surface area (Å²) in [4.78, 5) is 26.6. The minimum atomic E-state index is -0.366. The number of benzene rings is 1. The number of ether oxygens (including phenoxy) is 1. The smallest absolute Gasteiger partial charge is 0.350 e. The van der Waals surface area contributed by atoms with Gasteiger partial charge in [0.05, 0.1) is 4.91 Å². The van der Waals surface area contributed by atoms with E-state index in [1.54, 1.807) is 35.6 Å². The van der Waals surface area contributed by atoms with E-state index in [0.717, 1.165) is 10.6 Å². The van der Waals surface area contributed by atoms with Gasteiger partial charge < -0.3 is 10.1 Å². The van der Waals surface area contributed by atoms with Crippen LogP contribution >= 0.6 is 23.1 Å². The zero-order valence-electron chi connectivity index (χ0n) is 13.6. The average molecular weight is 359 g/mol. The normalized spacial score (nSPS) is 13.0. The summed E-state index contributed by atoms with van der Waals surface area (Å²) < 4.78 is 5.45. The molecule has 0 spiro atoms. The molecule has 1 N–H and O–H groups in total. The molecule has 0 fully saturated rings.